The molecule has 0 bridgehead atoms. The number of nitrogens with one attached hydrogen (secondary N) is 1. The van der Waals surface area contributed by atoms with E-state index in [-0.39, 0.29) is 36.0 Å². The molecule has 1 fully saturated rings. The molecular formula is C19H18ClN3O6. The van der Waals surface area contributed by atoms with E-state index >= 15 is 0 Å². The summed E-state index contributed by atoms with van der Waals surface area (Å²) in [5, 5.41) is 14.0. The van der Waals surface area contributed by atoms with Gasteiger partial charge in [-0.1, -0.05) is 11.6 Å². The first-order valence-corrected chi connectivity index (χ1v) is 8.99. The Morgan fingerprint density at radius 1 is 1.21 bits per heavy atom. The molecule has 1 N–H and O–H groups in total. The summed E-state index contributed by atoms with van der Waals surface area (Å²) in [6, 6.07) is 8.79. The Kier molecular flexibility index (Phi) is 5.88. The van der Waals surface area contributed by atoms with Gasteiger partial charge in [0.15, 0.2) is 0 Å². The molecule has 3 rings (SSSR count). The van der Waals surface area contributed by atoms with Gasteiger partial charge in [0, 0.05) is 24.1 Å². The molecule has 1 aliphatic heterocycles. The monoisotopic (exact) mass is 419 g/mol. The van der Waals surface area contributed by atoms with E-state index in [1.165, 1.54) is 37.3 Å². The fourth-order valence-corrected chi connectivity index (χ4v) is 3.29. The first-order valence-electron chi connectivity index (χ1n) is 8.61. The van der Waals surface area contributed by atoms with E-state index in [0.29, 0.717) is 16.5 Å². The third-order valence-corrected chi connectivity index (χ3v) is 4.82. The van der Waals surface area contributed by atoms with Gasteiger partial charge in [-0.05, 0) is 24.3 Å². The maximum atomic E-state index is 12.7. The van der Waals surface area contributed by atoms with Crippen LogP contribution in [0.25, 0.3) is 0 Å². The van der Waals surface area contributed by atoms with Gasteiger partial charge in [-0.15, -0.1) is 0 Å². The predicted octanol–water partition coefficient (Wildman–Crippen LogP) is 3.26. The minimum atomic E-state index is -0.619. The molecule has 0 aromatic heterocycles. The van der Waals surface area contributed by atoms with Gasteiger partial charge in [0.05, 0.1) is 42.5 Å². The molecule has 0 aliphatic carbocycles. The van der Waals surface area contributed by atoms with Crippen LogP contribution in [0.15, 0.2) is 36.4 Å². The Morgan fingerprint density at radius 3 is 2.59 bits per heavy atom. The van der Waals surface area contributed by atoms with Crippen LogP contribution in [0.5, 0.6) is 11.5 Å². The first kappa shape index (κ1) is 20.4. The Labute approximate surface area is 171 Å². The Balaban J connectivity index is 1.78. The summed E-state index contributed by atoms with van der Waals surface area (Å²) in [6.45, 7) is 0.149. The highest BCUT2D eigenvalue weighted by Gasteiger charge is 2.36. The smallest absolute Gasteiger partial charge is 0.273 e. The first-order chi connectivity index (χ1) is 13.8. The van der Waals surface area contributed by atoms with E-state index in [4.69, 9.17) is 21.1 Å². The Hall–Kier alpha value is -3.33. The highest BCUT2D eigenvalue weighted by Crippen LogP contribution is 2.36. The van der Waals surface area contributed by atoms with Crippen LogP contribution in [-0.4, -0.2) is 37.5 Å². The molecule has 152 valence electrons. The average Bonchev–Trinajstić information content (AvgIpc) is 3.09. The lowest BCUT2D eigenvalue weighted by Crippen LogP contribution is -2.28. The molecule has 2 aromatic carbocycles. The van der Waals surface area contributed by atoms with Crippen LogP contribution < -0.4 is 19.7 Å². The van der Waals surface area contributed by atoms with Crippen molar-refractivity contribution in [2.45, 2.75) is 6.42 Å². The Bertz CT molecular complexity index is 980. The number of rotatable bonds is 6. The van der Waals surface area contributed by atoms with E-state index in [1.807, 2.05) is 0 Å². The van der Waals surface area contributed by atoms with Crippen molar-refractivity contribution in [3.05, 3.63) is 51.5 Å². The number of amides is 2. The summed E-state index contributed by atoms with van der Waals surface area (Å²) in [5.41, 5.74) is 0.623. The van der Waals surface area contributed by atoms with Crippen molar-refractivity contribution in [2.75, 3.05) is 31.0 Å². The van der Waals surface area contributed by atoms with Crippen molar-refractivity contribution >= 4 is 40.5 Å². The number of anilines is 2. The number of ether oxygens (including phenoxy) is 2. The number of hydrogen-bond acceptors (Lipinski definition) is 6. The van der Waals surface area contributed by atoms with Gasteiger partial charge < -0.3 is 19.7 Å². The standard InChI is InChI=1S/C19H18ClN3O6/c1-28-16-6-3-12(20)8-15(16)22-10-11(7-18(22)24)19(25)21-14-5-4-13(23(26)27)9-17(14)29-2/h3-6,8-9,11H,7,10H2,1-2H3,(H,21,25). The lowest BCUT2D eigenvalue weighted by atomic mass is 10.1. The average molecular weight is 420 g/mol. The second-order valence-electron chi connectivity index (χ2n) is 6.35. The number of carbonyl (C=O) groups excluding carboxylic acids is 2. The molecule has 10 heteroatoms. The second kappa shape index (κ2) is 8.36. The van der Waals surface area contributed by atoms with E-state index in [9.17, 15) is 19.7 Å². The van der Waals surface area contributed by atoms with Crippen molar-refractivity contribution in [1.82, 2.24) is 0 Å². The van der Waals surface area contributed by atoms with Gasteiger partial charge in [-0.25, -0.2) is 0 Å². The summed E-state index contributed by atoms with van der Waals surface area (Å²) >= 11 is 6.04. The molecule has 1 unspecified atom stereocenters. The number of carbonyl (C=O) groups is 2. The van der Waals surface area contributed by atoms with Gasteiger partial charge in [0.1, 0.15) is 11.5 Å². The number of nitrogens with zero attached hydrogens (tertiary/aromatic N) is 2. The van der Waals surface area contributed by atoms with Crippen LogP contribution in [0.3, 0.4) is 0 Å². The van der Waals surface area contributed by atoms with Crippen LogP contribution in [0.2, 0.25) is 5.02 Å². The largest absolute Gasteiger partial charge is 0.495 e. The molecular weight excluding hydrogens is 402 g/mol. The van der Waals surface area contributed by atoms with Crippen LogP contribution in [0.4, 0.5) is 17.1 Å². The minimum absolute atomic E-state index is 0.0107. The third kappa shape index (κ3) is 4.24. The molecule has 0 saturated carbocycles. The molecule has 1 heterocycles. The van der Waals surface area contributed by atoms with Crippen molar-refractivity contribution in [3.8, 4) is 11.5 Å². The van der Waals surface area contributed by atoms with E-state index < -0.39 is 16.7 Å². The van der Waals surface area contributed by atoms with Crippen LogP contribution in [0, 0.1) is 16.0 Å². The highest BCUT2D eigenvalue weighted by atomic mass is 35.5. The lowest BCUT2D eigenvalue weighted by Gasteiger charge is -2.20. The number of halogens is 1. The van der Waals surface area contributed by atoms with E-state index in [1.54, 1.807) is 18.2 Å². The van der Waals surface area contributed by atoms with Crippen molar-refractivity contribution in [3.63, 3.8) is 0 Å². The molecule has 0 radical (unpaired) electrons. The molecule has 1 aliphatic rings. The Morgan fingerprint density at radius 2 is 1.93 bits per heavy atom. The summed E-state index contributed by atoms with van der Waals surface area (Å²) in [6.07, 6.45) is 0.0107. The van der Waals surface area contributed by atoms with Crippen molar-refractivity contribution in [1.29, 1.82) is 0 Å². The summed E-state index contributed by atoms with van der Waals surface area (Å²) in [4.78, 5) is 37.0. The quantitative estimate of drug-likeness (QED) is 0.568. The number of methoxy groups -OCH3 is 2. The number of non-ortho nitro benzene ring substituents is 1. The molecule has 1 atom stereocenters. The van der Waals surface area contributed by atoms with Gasteiger partial charge >= 0.3 is 0 Å². The molecule has 2 aromatic rings. The van der Waals surface area contributed by atoms with E-state index in [2.05, 4.69) is 5.32 Å². The lowest BCUT2D eigenvalue weighted by molar-refractivity contribution is -0.384. The number of hydrogen-bond donors (Lipinski definition) is 1. The zero-order valence-corrected chi connectivity index (χ0v) is 16.4. The van der Waals surface area contributed by atoms with Crippen LogP contribution in [-0.2, 0) is 9.59 Å². The van der Waals surface area contributed by atoms with Gasteiger partial charge in [0.2, 0.25) is 11.8 Å². The molecule has 1 saturated heterocycles. The number of nitro benzene ring substituents is 1. The van der Waals surface area contributed by atoms with Crippen molar-refractivity contribution < 1.29 is 24.0 Å². The summed E-state index contributed by atoms with van der Waals surface area (Å²) in [7, 11) is 2.83. The molecule has 9 nitrogen and oxygen atoms in total. The van der Waals surface area contributed by atoms with Crippen LogP contribution in [0.1, 0.15) is 6.42 Å². The van der Waals surface area contributed by atoms with Crippen LogP contribution >= 0.6 is 11.6 Å². The second-order valence-corrected chi connectivity index (χ2v) is 6.79. The minimum Gasteiger partial charge on any atom is -0.495 e. The molecule has 29 heavy (non-hydrogen) atoms. The molecule has 0 spiro atoms. The van der Waals surface area contributed by atoms with Gasteiger partial charge in [0.25, 0.3) is 5.69 Å². The van der Waals surface area contributed by atoms with E-state index in [0.717, 1.165) is 0 Å². The third-order valence-electron chi connectivity index (χ3n) is 4.58. The normalized spacial score (nSPS) is 15.9. The highest BCUT2D eigenvalue weighted by molar-refractivity contribution is 6.31. The van der Waals surface area contributed by atoms with Crippen molar-refractivity contribution in [2.24, 2.45) is 5.92 Å². The summed E-state index contributed by atoms with van der Waals surface area (Å²) in [5.74, 6) is -0.618. The zero-order chi connectivity index (χ0) is 21.1. The maximum absolute atomic E-state index is 12.7. The number of nitro groups is 1. The predicted molar refractivity (Wildman–Crippen MR) is 107 cm³/mol. The SMILES string of the molecule is COc1cc([N+](=O)[O-])ccc1NC(=O)C1CC(=O)N(c2cc(Cl)ccc2OC)C1. The fourth-order valence-electron chi connectivity index (χ4n) is 3.12. The summed E-state index contributed by atoms with van der Waals surface area (Å²) < 4.78 is 10.4. The molecule has 2 amide bonds. The topological polar surface area (TPSA) is 111 Å². The van der Waals surface area contributed by atoms with Gasteiger partial charge in [-0.3, -0.25) is 19.7 Å². The van der Waals surface area contributed by atoms with Gasteiger partial charge in [-0.2, -0.15) is 0 Å². The maximum Gasteiger partial charge on any atom is 0.273 e. The zero-order valence-electron chi connectivity index (χ0n) is 15.7. The fraction of sp³-hybridized carbons (Fsp3) is 0.263. The number of benzene rings is 2.